The van der Waals surface area contributed by atoms with Crippen LogP contribution in [-0.4, -0.2) is 15.2 Å². The molecule has 2 heterocycles. The molecule has 0 radical (unpaired) electrons. The SMILES string of the molecule is N#Cc1nnc2ccccc2c1NCc1cncs1. The Hall–Kier alpha value is -2.52. The minimum atomic E-state index is 0.309. The van der Waals surface area contributed by atoms with Gasteiger partial charge in [0.05, 0.1) is 23.3 Å². The minimum Gasteiger partial charge on any atom is -0.377 e. The molecule has 0 unspecified atom stereocenters. The first-order valence-corrected chi connectivity index (χ1v) is 6.53. The van der Waals surface area contributed by atoms with Crippen LogP contribution in [0.5, 0.6) is 0 Å². The van der Waals surface area contributed by atoms with Gasteiger partial charge in [-0.3, -0.25) is 4.98 Å². The number of rotatable bonds is 3. The summed E-state index contributed by atoms with van der Waals surface area (Å²) < 4.78 is 0. The summed E-state index contributed by atoms with van der Waals surface area (Å²) in [6, 6.07) is 9.69. The Morgan fingerprint density at radius 2 is 2.16 bits per heavy atom. The highest BCUT2D eigenvalue weighted by Crippen LogP contribution is 2.24. The van der Waals surface area contributed by atoms with Gasteiger partial charge in [0.2, 0.25) is 0 Å². The van der Waals surface area contributed by atoms with E-state index in [9.17, 15) is 0 Å². The third kappa shape index (κ3) is 2.23. The Morgan fingerprint density at radius 3 is 2.95 bits per heavy atom. The predicted octanol–water partition coefficient (Wildman–Crippen LogP) is 2.57. The molecule has 19 heavy (non-hydrogen) atoms. The molecule has 0 spiro atoms. The van der Waals surface area contributed by atoms with Crippen molar-refractivity contribution in [2.45, 2.75) is 6.54 Å². The van der Waals surface area contributed by atoms with E-state index in [1.165, 1.54) is 0 Å². The lowest BCUT2D eigenvalue weighted by Crippen LogP contribution is -2.03. The number of benzene rings is 1. The number of nitrogens with zero attached hydrogens (tertiary/aromatic N) is 4. The van der Waals surface area contributed by atoms with Gasteiger partial charge in [-0.15, -0.1) is 21.5 Å². The summed E-state index contributed by atoms with van der Waals surface area (Å²) in [5.41, 5.74) is 3.59. The van der Waals surface area contributed by atoms with Crippen LogP contribution in [0.4, 0.5) is 5.69 Å². The molecule has 0 aliphatic heterocycles. The van der Waals surface area contributed by atoms with E-state index in [-0.39, 0.29) is 0 Å². The fourth-order valence-corrected chi connectivity index (χ4v) is 2.35. The van der Waals surface area contributed by atoms with Crippen LogP contribution in [0.1, 0.15) is 10.6 Å². The quantitative estimate of drug-likeness (QED) is 0.789. The number of aromatic nitrogens is 3. The minimum absolute atomic E-state index is 0.309. The van der Waals surface area contributed by atoms with Gasteiger partial charge in [-0.2, -0.15) is 5.26 Å². The third-order valence-electron chi connectivity index (χ3n) is 2.70. The largest absolute Gasteiger partial charge is 0.377 e. The molecule has 0 bridgehead atoms. The topological polar surface area (TPSA) is 74.5 Å². The zero-order valence-electron chi connectivity index (χ0n) is 9.87. The summed E-state index contributed by atoms with van der Waals surface area (Å²) >= 11 is 1.57. The zero-order chi connectivity index (χ0) is 13.1. The average molecular weight is 267 g/mol. The molecule has 6 heteroatoms. The Bertz CT molecular complexity index is 745. The molecule has 0 fully saturated rings. The van der Waals surface area contributed by atoms with Crippen molar-refractivity contribution in [3.8, 4) is 6.07 Å². The van der Waals surface area contributed by atoms with Crippen LogP contribution >= 0.6 is 11.3 Å². The van der Waals surface area contributed by atoms with Crippen molar-refractivity contribution >= 4 is 27.9 Å². The van der Waals surface area contributed by atoms with Gasteiger partial charge >= 0.3 is 0 Å². The maximum atomic E-state index is 9.13. The lowest BCUT2D eigenvalue weighted by molar-refractivity contribution is 1.04. The monoisotopic (exact) mass is 267 g/mol. The van der Waals surface area contributed by atoms with E-state index in [0.717, 1.165) is 21.5 Å². The van der Waals surface area contributed by atoms with Gasteiger partial charge in [-0.25, -0.2) is 0 Å². The molecule has 92 valence electrons. The van der Waals surface area contributed by atoms with Gasteiger partial charge in [0, 0.05) is 16.5 Å². The number of nitrogens with one attached hydrogen (secondary N) is 1. The highest BCUT2D eigenvalue weighted by molar-refractivity contribution is 7.09. The van der Waals surface area contributed by atoms with E-state index in [1.807, 2.05) is 24.3 Å². The van der Waals surface area contributed by atoms with Gasteiger partial charge < -0.3 is 5.32 Å². The number of anilines is 1. The molecular formula is C13H9N5S. The van der Waals surface area contributed by atoms with Gasteiger partial charge in [-0.1, -0.05) is 18.2 Å². The van der Waals surface area contributed by atoms with Crippen molar-refractivity contribution in [3.05, 3.63) is 46.5 Å². The lowest BCUT2D eigenvalue weighted by Gasteiger charge is -2.08. The molecule has 1 N–H and O–H groups in total. The van der Waals surface area contributed by atoms with Crippen LogP contribution in [0, 0.1) is 11.3 Å². The molecule has 3 rings (SSSR count). The van der Waals surface area contributed by atoms with Crippen molar-refractivity contribution < 1.29 is 0 Å². The molecule has 2 aromatic heterocycles. The smallest absolute Gasteiger partial charge is 0.186 e. The highest BCUT2D eigenvalue weighted by Gasteiger charge is 2.09. The standard InChI is InChI=1S/C13H9N5S/c14-5-12-13(16-7-9-6-15-8-19-9)10-3-1-2-4-11(10)17-18-12/h1-4,6,8H,7H2,(H,16,17). The first-order valence-electron chi connectivity index (χ1n) is 5.65. The van der Waals surface area contributed by atoms with Crippen LogP contribution in [0.25, 0.3) is 10.9 Å². The lowest BCUT2D eigenvalue weighted by atomic mass is 10.1. The van der Waals surface area contributed by atoms with E-state index in [0.29, 0.717) is 12.2 Å². The average Bonchev–Trinajstić information content (AvgIpc) is 2.97. The molecule has 1 aromatic carbocycles. The molecule has 5 nitrogen and oxygen atoms in total. The summed E-state index contributed by atoms with van der Waals surface area (Å²) in [5.74, 6) is 0. The fourth-order valence-electron chi connectivity index (χ4n) is 1.82. The van der Waals surface area contributed by atoms with Crippen LogP contribution < -0.4 is 5.32 Å². The number of nitriles is 1. The fraction of sp³-hybridized carbons (Fsp3) is 0.0769. The van der Waals surface area contributed by atoms with E-state index < -0.39 is 0 Å². The molecule has 3 aromatic rings. The summed E-state index contributed by atoms with van der Waals surface area (Å²) in [7, 11) is 0. The second-order valence-corrected chi connectivity index (χ2v) is 4.84. The van der Waals surface area contributed by atoms with E-state index in [2.05, 4.69) is 26.6 Å². The first-order chi connectivity index (χ1) is 9.38. The van der Waals surface area contributed by atoms with E-state index >= 15 is 0 Å². The summed E-state index contributed by atoms with van der Waals surface area (Å²) in [4.78, 5) is 5.13. The number of hydrogen-bond acceptors (Lipinski definition) is 6. The highest BCUT2D eigenvalue weighted by atomic mass is 32.1. The van der Waals surface area contributed by atoms with Crippen LogP contribution in [0.15, 0.2) is 36.0 Å². The molecule has 0 amide bonds. The molecule has 0 aliphatic rings. The van der Waals surface area contributed by atoms with Crippen LogP contribution in [0.3, 0.4) is 0 Å². The first kappa shape index (κ1) is 11.6. The van der Waals surface area contributed by atoms with E-state index in [4.69, 9.17) is 5.26 Å². The molecule has 0 saturated heterocycles. The third-order valence-corrected chi connectivity index (χ3v) is 3.48. The van der Waals surface area contributed by atoms with Crippen molar-refractivity contribution in [2.24, 2.45) is 0 Å². The second kappa shape index (κ2) is 5.00. The van der Waals surface area contributed by atoms with Crippen molar-refractivity contribution in [2.75, 3.05) is 5.32 Å². The van der Waals surface area contributed by atoms with Crippen molar-refractivity contribution in [1.82, 2.24) is 15.2 Å². The van der Waals surface area contributed by atoms with E-state index in [1.54, 1.807) is 23.0 Å². The maximum Gasteiger partial charge on any atom is 0.186 e. The van der Waals surface area contributed by atoms with Gasteiger partial charge in [0.15, 0.2) is 5.69 Å². The number of thiazole rings is 1. The Balaban J connectivity index is 2.02. The summed E-state index contributed by atoms with van der Waals surface area (Å²) in [5, 5.41) is 21.3. The Morgan fingerprint density at radius 1 is 1.26 bits per heavy atom. The van der Waals surface area contributed by atoms with Crippen molar-refractivity contribution in [3.63, 3.8) is 0 Å². The maximum absolute atomic E-state index is 9.13. The normalized spacial score (nSPS) is 10.3. The molecule has 0 atom stereocenters. The Kier molecular flexibility index (Phi) is 3.04. The summed E-state index contributed by atoms with van der Waals surface area (Å²) in [6.07, 6.45) is 1.81. The van der Waals surface area contributed by atoms with Gasteiger partial charge in [-0.05, 0) is 6.07 Å². The molecule has 0 saturated carbocycles. The summed E-state index contributed by atoms with van der Waals surface area (Å²) in [6.45, 7) is 0.620. The zero-order valence-corrected chi connectivity index (χ0v) is 10.7. The second-order valence-electron chi connectivity index (χ2n) is 3.87. The van der Waals surface area contributed by atoms with Gasteiger partial charge in [0.25, 0.3) is 0 Å². The number of hydrogen-bond donors (Lipinski definition) is 1. The van der Waals surface area contributed by atoms with Crippen molar-refractivity contribution in [1.29, 1.82) is 5.26 Å². The van der Waals surface area contributed by atoms with Crippen LogP contribution in [0.2, 0.25) is 0 Å². The van der Waals surface area contributed by atoms with Crippen LogP contribution in [-0.2, 0) is 6.54 Å². The Labute approximate surface area is 113 Å². The molecular weight excluding hydrogens is 258 g/mol. The van der Waals surface area contributed by atoms with Gasteiger partial charge in [0.1, 0.15) is 6.07 Å². The predicted molar refractivity (Wildman–Crippen MR) is 73.7 cm³/mol. The number of fused-ring (bicyclic) bond motifs is 1. The molecule has 0 aliphatic carbocycles.